The van der Waals surface area contributed by atoms with Crippen molar-refractivity contribution in [2.24, 2.45) is 5.10 Å². The maximum atomic E-state index is 12.9. The molecule has 3 aromatic carbocycles. The van der Waals surface area contributed by atoms with Crippen LogP contribution in [0.4, 0.5) is 10.1 Å². The van der Waals surface area contributed by atoms with Crippen LogP contribution in [0.3, 0.4) is 0 Å². The van der Waals surface area contributed by atoms with Crippen molar-refractivity contribution in [1.82, 2.24) is 5.43 Å². The highest BCUT2D eigenvalue weighted by molar-refractivity contribution is 7.92. The lowest BCUT2D eigenvalue weighted by molar-refractivity contribution is 0.0955. The first-order valence-electron chi connectivity index (χ1n) is 8.61. The van der Waals surface area contributed by atoms with Crippen LogP contribution in [0.25, 0.3) is 0 Å². The minimum Gasteiger partial charge on any atom is -0.269 e. The second kappa shape index (κ2) is 8.66. The van der Waals surface area contributed by atoms with E-state index in [-0.39, 0.29) is 10.7 Å². The van der Waals surface area contributed by atoms with Gasteiger partial charge in [0.1, 0.15) is 5.82 Å². The molecule has 0 saturated carbocycles. The van der Waals surface area contributed by atoms with Crippen LogP contribution in [0, 0.1) is 5.82 Å². The average Bonchev–Trinajstić information content (AvgIpc) is 2.75. The number of hydrogen-bond acceptors (Lipinski definition) is 4. The predicted octanol–water partition coefficient (Wildman–Crippen LogP) is 3.41. The Hall–Kier alpha value is -3.52. The Bertz CT molecular complexity index is 1110. The number of hydrazone groups is 1. The maximum absolute atomic E-state index is 12.9. The van der Waals surface area contributed by atoms with E-state index in [0.717, 1.165) is 4.31 Å². The molecule has 1 N–H and O–H groups in total. The molecule has 0 saturated heterocycles. The van der Waals surface area contributed by atoms with Crippen molar-refractivity contribution in [1.29, 1.82) is 0 Å². The van der Waals surface area contributed by atoms with Crippen LogP contribution in [0.15, 0.2) is 88.9 Å². The monoisotopic (exact) mass is 411 g/mol. The second-order valence-corrected chi connectivity index (χ2v) is 8.05. The Balaban J connectivity index is 1.67. The fourth-order valence-corrected chi connectivity index (χ4v) is 3.71. The van der Waals surface area contributed by atoms with E-state index >= 15 is 0 Å². The Labute approximate surface area is 168 Å². The van der Waals surface area contributed by atoms with E-state index in [4.69, 9.17) is 0 Å². The number of nitrogens with one attached hydrogen (secondary N) is 1. The number of carbonyl (C=O) groups is 1. The summed E-state index contributed by atoms with van der Waals surface area (Å²) in [5.41, 5.74) is 3.74. The Morgan fingerprint density at radius 3 is 2.21 bits per heavy atom. The highest BCUT2D eigenvalue weighted by Gasteiger charge is 2.21. The van der Waals surface area contributed by atoms with Crippen LogP contribution < -0.4 is 9.73 Å². The second-order valence-electron chi connectivity index (χ2n) is 6.08. The van der Waals surface area contributed by atoms with Gasteiger partial charge in [-0.1, -0.05) is 30.3 Å². The lowest BCUT2D eigenvalue weighted by Crippen LogP contribution is -2.26. The number of carbonyl (C=O) groups excluding carboxylic acids is 1. The summed E-state index contributed by atoms with van der Waals surface area (Å²) in [6.07, 6.45) is 1.39. The van der Waals surface area contributed by atoms with E-state index in [0.29, 0.717) is 16.8 Å². The predicted molar refractivity (Wildman–Crippen MR) is 110 cm³/mol. The zero-order chi connectivity index (χ0) is 20.9. The van der Waals surface area contributed by atoms with Gasteiger partial charge in [0.05, 0.1) is 16.8 Å². The molecule has 0 heterocycles. The third-order valence-corrected chi connectivity index (χ3v) is 5.94. The van der Waals surface area contributed by atoms with Gasteiger partial charge in [-0.2, -0.15) is 5.10 Å². The van der Waals surface area contributed by atoms with Gasteiger partial charge in [0.15, 0.2) is 0 Å². The average molecular weight is 411 g/mol. The fourth-order valence-electron chi connectivity index (χ4n) is 2.49. The third-order valence-electron chi connectivity index (χ3n) is 4.14. The molecule has 0 spiro atoms. The summed E-state index contributed by atoms with van der Waals surface area (Å²) in [5, 5.41) is 3.83. The summed E-state index contributed by atoms with van der Waals surface area (Å²) in [7, 11) is -2.24. The van der Waals surface area contributed by atoms with E-state index in [1.54, 1.807) is 30.3 Å². The van der Waals surface area contributed by atoms with Gasteiger partial charge in [0.25, 0.3) is 15.9 Å². The molecular formula is C21H18FN3O3S. The molecule has 8 heteroatoms. The summed E-state index contributed by atoms with van der Waals surface area (Å²) in [6.45, 7) is 0. The maximum Gasteiger partial charge on any atom is 0.271 e. The number of anilines is 1. The van der Waals surface area contributed by atoms with Crippen molar-refractivity contribution in [3.63, 3.8) is 0 Å². The number of benzene rings is 3. The Morgan fingerprint density at radius 2 is 1.59 bits per heavy atom. The van der Waals surface area contributed by atoms with Gasteiger partial charge >= 0.3 is 0 Å². The summed E-state index contributed by atoms with van der Waals surface area (Å²) in [4.78, 5) is 12.4. The molecule has 0 unspecified atom stereocenters. The first kappa shape index (κ1) is 20.2. The molecule has 0 radical (unpaired) electrons. The summed E-state index contributed by atoms with van der Waals surface area (Å²) < 4.78 is 39.3. The van der Waals surface area contributed by atoms with Gasteiger partial charge in [-0.25, -0.2) is 18.2 Å². The molecule has 0 aromatic heterocycles. The summed E-state index contributed by atoms with van der Waals surface area (Å²) in [6, 6.07) is 19.8. The van der Waals surface area contributed by atoms with E-state index in [9.17, 15) is 17.6 Å². The molecule has 0 fully saturated rings. The molecule has 0 atom stereocenters. The van der Waals surface area contributed by atoms with E-state index < -0.39 is 15.9 Å². The molecule has 29 heavy (non-hydrogen) atoms. The molecule has 0 aliphatic carbocycles. The smallest absolute Gasteiger partial charge is 0.269 e. The zero-order valence-electron chi connectivity index (χ0n) is 15.5. The van der Waals surface area contributed by atoms with Crippen molar-refractivity contribution in [3.05, 3.63) is 95.8 Å². The van der Waals surface area contributed by atoms with Crippen molar-refractivity contribution in [2.75, 3.05) is 11.4 Å². The molecule has 0 aliphatic rings. The molecule has 1 amide bonds. The highest BCUT2D eigenvalue weighted by atomic mass is 32.2. The lowest BCUT2D eigenvalue weighted by atomic mass is 10.2. The van der Waals surface area contributed by atoms with Crippen LogP contribution in [0.1, 0.15) is 15.9 Å². The van der Waals surface area contributed by atoms with Crippen LogP contribution >= 0.6 is 0 Å². The number of hydrogen-bond donors (Lipinski definition) is 1. The van der Waals surface area contributed by atoms with Crippen LogP contribution in [0.5, 0.6) is 0 Å². The van der Waals surface area contributed by atoms with Gasteiger partial charge in [-0.3, -0.25) is 9.10 Å². The minimum atomic E-state index is -3.69. The van der Waals surface area contributed by atoms with Gasteiger partial charge in [-0.05, 0) is 54.1 Å². The van der Waals surface area contributed by atoms with Gasteiger partial charge < -0.3 is 0 Å². The molecule has 0 bridgehead atoms. The zero-order valence-corrected chi connectivity index (χ0v) is 16.3. The Morgan fingerprint density at radius 1 is 0.966 bits per heavy atom. The number of sulfonamides is 1. The molecular weight excluding hydrogens is 393 g/mol. The largest absolute Gasteiger partial charge is 0.271 e. The first-order chi connectivity index (χ1) is 13.9. The van der Waals surface area contributed by atoms with Crippen molar-refractivity contribution < 1.29 is 17.6 Å². The summed E-state index contributed by atoms with van der Waals surface area (Å²) in [5.74, 6) is -0.811. The molecule has 3 rings (SSSR count). The SMILES string of the molecule is CN(c1ccc(C(=O)N/N=C\c2ccc(F)cc2)cc1)S(=O)(=O)c1ccccc1. The molecule has 6 nitrogen and oxygen atoms in total. The molecule has 3 aromatic rings. The number of amides is 1. The van der Waals surface area contributed by atoms with Gasteiger partial charge in [-0.15, -0.1) is 0 Å². The lowest BCUT2D eigenvalue weighted by Gasteiger charge is -2.19. The topological polar surface area (TPSA) is 78.8 Å². The standard InChI is InChI=1S/C21H18FN3O3S/c1-25(29(27,28)20-5-3-2-4-6-20)19-13-9-17(10-14-19)21(26)24-23-15-16-7-11-18(22)12-8-16/h2-15H,1H3,(H,24,26)/b23-15-. The van der Waals surface area contributed by atoms with Gasteiger partial charge in [0.2, 0.25) is 0 Å². The molecule has 148 valence electrons. The van der Waals surface area contributed by atoms with Crippen molar-refractivity contribution in [3.8, 4) is 0 Å². The van der Waals surface area contributed by atoms with E-state index in [1.165, 1.54) is 61.8 Å². The van der Waals surface area contributed by atoms with Crippen molar-refractivity contribution >= 4 is 27.8 Å². The van der Waals surface area contributed by atoms with Gasteiger partial charge in [0, 0.05) is 12.6 Å². The van der Waals surface area contributed by atoms with E-state index in [2.05, 4.69) is 10.5 Å². The van der Waals surface area contributed by atoms with E-state index in [1.807, 2.05) is 0 Å². The van der Waals surface area contributed by atoms with Crippen LogP contribution in [-0.2, 0) is 10.0 Å². The number of nitrogens with zero attached hydrogens (tertiary/aromatic N) is 2. The van der Waals surface area contributed by atoms with Crippen LogP contribution in [-0.4, -0.2) is 27.6 Å². The van der Waals surface area contributed by atoms with Crippen LogP contribution in [0.2, 0.25) is 0 Å². The minimum absolute atomic E-state index is 0.180. The number of rotatable bonds is 6. The summed E-state index contributed by atoms with van der Waals surface area (Å²) >= 11 is 0. The fraction of sp³-hybridized carbons (Fsp3) is 0.0476. The quantitative estimate of drug-likeness (QED) is 0.499. The third kappa shape index (κ3) is 4.85. The number of halogens is 1. The highest BCUT2D eigenvalue weighted by Crippen LogP contribution is 2.22. The normalized spacial score (nSPS) is 11.4. The first-order valence-corrected chi connectivity index (χ1v) is 10.0. The Kier molecular flexibility index (Phi) is 6.04. The molecule has 0 aliphatic heterocycles. The van der Waals surface area contributed by atoms with Crippen molar-refractivity contribution in [2.45, 2.75) is 4.90 Å².